The van der Waals surface area contributed by atoms with E-state index in [-0.39, 0.29) is 12.5 Å². The van der Waals surface area contributed by atoms with Crippen molar-refractivity contribution in [3.63, 3.8) is 0 Å². The van der Waals surface area contributed by atoms with Crippen LogP contribution < -0.4 is 14.8 Å². The van der Waals surface area contributed by atoms with Crippen LogP contribution >= 0.6 is 0 Å². The van der Waals surface area contributed by atoms with E-state index in [0.29, 0.717) is 22.7 Å². The first-order valence-corrected chi connectivity index (χ1v) is 6.87. The fourth-order valence-corrected chi connectivity index (χ4v) is 1.83. The zero-order chi connectivity index (χ0) is 16.7. The number of amides is 1. The lowest BCUT2D eigenvalue weighted by molar-refractivity contribution is -0.118. The molecule has 0 unspecified atom stereocenters. The van der Waals surface area contributed by atoms with Crippen LogP contribution in [0, 0.1) is 0 Å². The smallest absolute Gasteiger partial charge is 0.337 e. The fourth-order valence-electron chi connectivity index (χ4n) is 1.83. The summed E-state index contributed by atoms with van der Waals surface area (Å²) in [6.45, 7) is -0.135. The van der Waals surface area contributed by atoms with Crippen molar-refractivity contribution in [2.75, 3.05) is 26.1 Å². The number of rotatable bonds is 6. The van der Waals surface area contributed by atoms with Crippen LogP contribution in [0.2, 0.25) is 0 Å². The monoisotopic (exact) mass is 315 g/mol. The van der Waals surface area contributed by atoms with Crippen LogP contribution in [-0.4, -0.2) is 32.7 Å². The minimum Gasteiger partial charge on any atom is -0.497 e. The first-order valence-electron chi connectivity index (χ1n) is 6.87. The SMILES string of the molecule is COC(=O)c1ccc(OCC(=O)Nc2ccc(OC)cc2)cc1. The van der Waals surface area contributed by atoms with E-state index in [1.165, 1.54) is 7.11 Å². The lowest BCUT2D eigenvalue weighted by atomic mass is 10.2. The highest BCUT2D eigenvalue weighted by atomic mass is 16.5. The number of hydrogen-bond acceptors (Lipinski definition) is 5. The lowest BCUT2D eigenvalue weighted by Gasteiger charge is -2.08. The zero-order valence-electron chi connectivity index (χ0n) is 12.9. The van der Waals surface area contributed by atoms with Gasteiger partial charge in [0.05, 0.1) is 19.8 Å². The molecule has 0 bridgehead atoms. The van der Waals surface area contributed by atoms with Crippen molar-refractivity contribution in [2.24, 2.45) is 0 Å². The van der Waals surface area contributed by atoms with Crippen molar-refractivity contribution in [1.82, 2.24) is 0 Å². The Bertz CT molecular complexity index is 664. The number of ether oxygens (including phenoxy) is 3. The maximum Gasteiger partial charge on any atom is 0.337 e. The molecule has 0 atom stereocenters. The summed E-state index contributed by atoms with van der Waals surface area (Å²) < 4.78 is 15.0. The van der Waals surface area contributed by atoms with Crippen LogP contribution in [0.25, 0.3) is 0 Å². The second kappa shape index (κ2) is 7.84. The molecule has 1 N–H and O–H groups in total. The summed E-state index contributed by atoms with van der Waals surface area (Å²) in [4.78, 5) is 23.1. The molecule has 23 heavy (non-hydrogen) atoms. The second-order valence-electron chi connectivity index (χ2n) is 4.58. The predicted octanol–water partition coefficient (Wildman–Crippen LogP) is 2.50. The Hall–Kier alpha value is -3.02. The molecule has 6 heteroatoms. The molecule has 0 aliphatic rings. The number of carbonyl (C=O) groups is 2. The third-order valence-corrected chi connectivity index (χ3v) is 3.02. The molecule has 6 nitrogen and oxygen atoms in total. The highest BCUT2D eigenvalue weighted by Gasteiger charge is 2.07. The molecule has 0 fully saturated rings. The summed E-state index contributed by atoms with van der Waals surface area (Å²) in [6.07, 6.45) is 0. The normalized spacial score (nSPS) is 9.83. The third-order valence-electron chi connectivity index (χ3n) is 3.02. The van der Waals surface area contributed by atoms with Gasteiger partial charge in [-0.3, -0.25) is 4.79 Å². The zero-order valence-corrected chi connectivity index (χ0v) is 12.9. The Balaban J connectivity index is 1.84. The van der Waals surface area contributed by atoms with Gasteiger partial charge in [0.15, 0.2) is 6.61 Å². The predicted molar refractivity (Wildman–Crippen MR) is 84.9 cm³/mol. The summed E-state index contributed by atoms with van der Waals surface area (Å²) in [7, 11) is 2.89. The van der Waals surface area contributed by atoms with Gasteiger partial charge in [0.2, 0.25) is 0 Å². The van der Waals surface area contributed by atoms with Gasteiger partial charge in [0.25, 0.3) is 5.91 Å². The molecule has 0 aliphatic heterocycles. The Morgan fingerprint density at radius 1 is 0.913 bits per heavy atom. The molecular formula is C17H17NO5. The van der Waals surface area contributed by atoms with Gasteiger partial charge in [-0.1, -0.05) is 0 Å². The van der Waals surface area contributed by atoms with Crippen molar-refractivity contribution in [2.45, 2.75) is 0 Å². The molecule has 2 aromatic carbocycles. The van der Waals surface area contributed by atoms with Gasteiger partial charge >= 0.3 is 5.97 Å². The topological polar surface area (TPSA) is 73.9 Å². The highest BCUT2D eigenvalue weighted by Crippen LogP contribution is 2.15. The van der Waals surface area contributed by atoms with Crippen molar-refractivity contribution < 1.29 is 23.8 Å². The maximum absolute atomic E-state index is 11.8. The molecule has 0 radical (unpaired) electrons. The average molecular weight is 315 g/mol. The Labute approximate surface area is 134 Å². The Morgan fingerprint density at radius 2 is 1.52 bits per heavy atom. The second-order valence-corrected chi connectivity index (χ2v) is 4.58. The molecule has 120 valence electrons. The molecule has 0 aromatic heterocycles. The molecule has 2 aromatic rings. The fraction of sp³-hybridized carbons (Fsp3) is 0.176. The van der Waals surface area contributed by atoms with Crippen LogP contribution in [0.15, 0.2) is 48.5 Å². The molecule has 0 heterocycles. The van der Waals surface area contributed by atoms with Gasteiger partial charge in [-0.15, -0.1) is 0 Å². The van der Waals surface area contributed by atoms with Crippen LogP contribution in [0.4, 0.5) is 5.69 Å². The maximum atomic E-state index is 11.8. The minimum atomic E-state index is -0.422. The number of nitrogens with one attached hydrogen (secondary N) is 1. The van der Waals surface area contributed by atoms with Gasteiger partial charge < -0.3 is 19.5 Å². The largest absolute Gasteiger partial charge is 0.497 e. The van der Waals surface area contributed by atoms with E-state index in [1.54, 1.807) is 55.6 Å². The van der Waals surface area contributed by atoms with Crippen molar-refractivity contribution in [3.8, 4) is 11.5 Å². The average Bonchev–Trinajstić information content (AvgIpc) is 2.60. The van der Waals surface area contributed by atoms with E-state index in [4.69, 9.17) is 9.47 Å². The number of benzene rings is 2. The van der Waals surface area contributed by atoms with E-state index in [1.807, 2.05) is 0 Å². The number of hydrogen-bond donors (Lipinski definition) is 1. The van der Waals surface area contributed by atoms with E-state index in [9.17, 15) is 9.59 Å². The Kier molecular flexibility index (Phi) is 5.57. The summed E-state index contributed by atoms with van der Waals surface area (Å²) >= 11 is 0. The number of methoxy groups -OCH3 is 2. The van der Waals surface area contributed by atoms with Crippen LogP contribution in [0.3, 0.4) is 0 Å². The summed E-state index contributed by atoms with van der Waals surface area (Å²) in [6, 6.07) is 13.3. The summed E-state index contributed by atoms with van der Waals surface area (Å²) in [5.41, 5.74) is 1.07. The summed E-state index contributed by atoms with van der Waals surface area (Å²) in [5, 5.41) is 2.71. The number of anilines is 1. The number of esters is 1. The first-order chi connectivity index (χ1) is 11.1. The molecular weight excluding hydrogens is 298 g/mol. The van der Waals surface area contributed by atoms with Crippen LogP contribution in [-0.2, 0) is 9.53 Å². The van der Waals surface area contributed by atoms with Crippen molar-refractivity contribution in [1.29, 1.82) is 0 Å². The molecule has 0 spiro atoms. The number of carbonyl (C=O) groups excluding carboxylic acids is 2. The molecule has 0 aliphatic carbocycles. The van der Waals surface area contributed by atoms with Gasteiger partial charge in [0, 0.05) is 5.69 Å². The third kappa shape index (κ3) is 4.74. The molecule has 2 rings (SSSR count). The van der Waals surface area contributed by atoms with Crippen molar-refractivity contribution in [3.05, 3.63) is 54.1 Å². The quantitative estimate of drug-likeness (QED) is 0.829. The van der Waals surface area contributed by atoms with E-state index >= 15 is 0 Å². The molecule has 1 amide bonds. The standard InChI is InChI=1S/C17H17NO5/c1-21-14-9-5-13(6-10-14)18-16(19)11-23-15-7-3-12(4-8-15)17(20)22-2/h3-10H,11H2,1-2H3,(H,18,19). The van der Waals surface area contributed by atoms with Gasteiger partial charge in [0.1, 0.15) is 11.5 Å². The lowest BCUT2D eigenvalue weighted by Crippen LogP contribution is -2.20. The minimum absolute atomic E-state index is 0.135. The first kappa shape index (κ1) is 16.4. The van der Waals surface area contributed by atoms with E-state index in [0.717, 1.165) is 0 Å². The summed E-state index contributed by atoms with van der Waals surface area (Å²) in [5.74, 6) is 0.494. The van der Waals surface area contributed by atoms with Crippen molar-refractivity contribution >= 4 is 17.6 Å². The molecule has 0 saturated heterocycles. The van der Waals surface area contributed by atoms with Gasteiger partial charge in [-0.2, -0.15) is 0 Å². The van der Waals surface area contributed by atoms with Gasteiger partial charge in [-0.05, 0) is 48.5 Å². The van der Waals surface area contributed by atoms with E-state index < -0.39 is 5.97 Å². The highest BCUT2D eigenvalue weighted by molar-refractivity contribution is 5.92. The van der Waals surface area contributed by atoms with Gasteiger partial charge in [-0.25, -0.2) is 4.79 Å². The van der Waals surface area contributed by atoms with E-state index in [2.05, 4.69) is 10.1 Å². The van der Waals surface area contributed by atoms with Crippen LogP contribution in [0.5, 0.6) is 11.5 Å². The Morgan fingerprint density at radius 3 is 2.09 bits per heavy atom. The van der Waals surface area contributed by atoms with Crippen LogP contribution in [0.1, 0.15) is 10.4 Å². The molecule has 0 saturated carbocycles.